The summed E-state index contributed by atoms with van der Waals surface area (Å²) in [6.07, 6.45) is 6.98. The molecule has 3 aromatic rings. The van der Waals surface area contributed by atoms with E-state index in [9.17, 15) is 9.00 Å². The Morgan fingerprint density at radius 3 is 2.72 bits per heavy atom. The molecule has 7 nitrogen and oxygen atoms in total. The first-order chi connectivity index (χ1) is 15.3. The highest BCUT2D eigenvalue weighted by atomic mass is 35.5. The number of nitrogens with one attached hydrogen (secondary N) is 2. The third-order valence-electron chi connectivity index (χ3n) is 7.07. The number of carbonyl (C=O) groups excluding carboxylic acids is 1. The maximum absolute atomic E-state index is 12.7. The molecule has 1 amide bonds. The molecule has 1 unspecified atom stereocenters. The minimum Gasteiger partial charge on any atom is -0.440 e. The van der Waals surface area contributed by atoms with E-state index in [4.69, 9.17) is 20.8 Å². The van der Waals surface area contributed by atoms with Gasteiger partial charge in [0.05, 0.1) is 9.73 Å². The molecule has 2 heterocycles. The highest BCUT2D eigenvalue weighted by Crippen LogP contribution is 2.61. The average molecular weight is 471 g/mol. The van der Waals surface area contributed by atoms with E-state index in [1.807, 2.05) is 12.1 Å². The number of benzene rings is 1. The van der Waals surface area contributed by atoms with Crippen molar-refractivity contribution in [2.75, 3.05) is 0 Å². The first-order valence-corrected chi connectivity index (χ1v) is 12.9. The van der Waals surface area contributed by atoms with Crippen molar-refractivity contribution >= 4 is 38.3 Å². The Morgan fingerprint density at radius 1 is 1.19 bits per heavy atom. The number of halogens is 1. The monoisotopic (exact) mass is 470 g/mol. The highest BCUT2D eigenvalue weighted by Gasteiger charge is 2.54. The zero-order valence-corrected chi connectivity index (χ0v) is 18.9. The van der Waals surface area contributed by atoms with E-state index in [0.717, 1.165) is 55.5 Å². The topological polar surface area (TPSA) is 109 Å². The van der Waals surface area contributed by atoms with Crippen molar-refractivity contribution in [3.63, 3.8) is 0 Å². The Kier molecular flexibility index (Phi) is 4.43. The number of pyridine rings is 1. The zero-order chi connectivity index (χ0) is 22.1. The van der Waals surface area contributed by atoms with Crippen LogP contribution in [0.2, 0.25) is 5.02 Å². The lowest BCUT2D eigenvalue weighted by molar-refractivity contribution is -0.0253. The molecule has 9 heteroatoms. The van der Waals surface area contributed by atoms with Gasteiger partial charge in [-0.3, -0.25) is 4.79 Å². The molecule has 2 aromatic heterocycles. The van der Waals surface area contributed by atoms with Crippen molar-refractivity contribution in [1.82, 2.24) is 15.3 Å². The number of hydrogen-bond acceptors (Lipinski definition) is 6. The Morgan fingerprint density at radius 2 is 1.97 bits per heavy atom. The van der Waals surface area contributed by atoms with Gasteiger partial charge in [-0.2, -0.15) is 0 Å². The van der Waals surface area contributed by atoms with Crippen molar-refractivity contribution < 1.29 is 13.4 Å². The number of rotatable bonds is 5. The van der Waals surface area contributed by atoms with E-state index in [1.165, 1.54) is 12.3 Å². The van der Waals surface area contributed by atoms with E-state index in [0.29, 0.717) is 16.5 Å². The molecule has 0 aliphatic heterocycles. The predicted octanol–water partition coefficient (Wildman–Crippen LogP) is 4.90. The number of fused-ring (bicyclic) bond motifs is 1. The van der Waals surface area contributed by atoms with Crippen LogP contribution in [0.25, 0.3) is 11.1 Å². The molecule has 0 radical (unpaired) electrons. The van der Waals surface area contributed by atoms with Crippen LogP contribution in [-0.2, 0) is 9.73 Å². The lowest BCUT2D eigenvalue weighted by Crippen LogP contribution is -2.55. The van der Waals surface area contributed by atoms with Gasteiger partial charge in [0, 0.05) is 34.0 Å². The van der Waals surface area contributed by atoms with Crippen LogP contribution in [0.4, 0.5) is 0 Å². The second-order valence-corrected chi connectivity index (χ2v) is 12.3. The summed E-state index contributed by atoms with van der Waals surface area (Å²) in [4.78, 5) is 21.4. The van der Waals surface area contributed by atoms with Gasteiger partial charge in [0.2, 0.25) is 0 Å². The molecule has 3 fully saturated rings. The lowest BCUT2D eigenvalue weighted by Gasteiger charge is -2.57. The molecule has 1 spiro atoms. The minimum atomic E-state index is -2.91. The number of nitrogens with zero attached hydrogens (tertiary/aromatic N) is 2. The third-order valence-corrected chi connectivity index (χ3v) is 9.56. The van der Waals surface area contributed by atoms with Crippen molar-refractivity contribution in [1.29, 1.82) is 4.78 Å². The quantitative estimate of drug-likeness (QED) is 0.551. The van der Waals surface area contributed by atoms with Crippen LogP contribution in [0.3, 0.4) is 0 Å². The summed E-state index contributed by atoms with van der Waals surface area (Å²) in [5.74, 6) is 0.902. The Bertz CT molecular complexity index is 1330. The number of carbonyl (C=O) groups is 1. The molecule has 3 aliphatic carbocycles. The molecule has 6 rings (SSSR count). The maximum atomic E-state index is 12.7. The van der Waals surface area contributed by atoms with Crippen molar-refractivity contribution in [3.05, 3.63) is 53.0 Å². The van der Waals surface area contributed by atoms with Crippen molar-refractivity contribution in [2.45, 2.75) is 60.8 Å². The number of oxazole rings is 1. The third kappa shape index (κ3) is 3.40. The van der Waals surface area contributed by atoms with Crippen LogP contribution in [-0.4, -0.2) is 31.4 Å². The van der Waals surface area contributed by atoms with Gasteiger partial charge in [0.25, 0.3) is 5.91 Å². The maximum Gasteiger partial charge on any atom is 0.251 e. The fourth-order valence-corrected chi connectivity index (χ4v) is 7.06. The number of amides is 1. The van der Waals surface area contributed by atoms with Crippen molar-refractivity contribution in [2.24, 2.45) is 5.41 Å². The lowest BCUT2D eigenvalue weighted by atomic mass is 9.50. The van der Waals surface area contributed by atoms with Crippen LogP contribution >= 0.6 is 11.6 Å². The van der Waals surface area contributed by atoms with Gasteiger partial charge in [-0.1, -0.05) is 11.6 Å². The summed E-state index contributed by atoms with van der Waals surface area (Å²) < 4.78 is 26.7. The summed E-state index contributed by atoms with van der Waals surface area (Å²) in [5.41, 5.74) is 2.24. The van der Waals surface area contributed by atoms with Crippen LogP contribution in [0.15, 0.2) is 46.0 Å². The van der Waals surface area contributed by atoms with Gasteiger partial charge in [0.1, 0.15) is 10.5 Å². The van der Waals surface area contributed by atoms with E-state index < -0.39 is 9.73 Å². The molecule has 1 aromatic carbocycles. The molecule has 2 N–H and O–H groups in total. The van der Waals surface area contributed by atoms with Gasteiger partial charge < -0.3 is 9.73 Å². The summed E-state index contributed by atoms with van der Waals surface area (Å²) in [6, 6.07) is 8.75. The Balaban J connectivity index is 1.06. The Hall–Kier alpha value is -2.45. The molecular weight excluding hydrogens is 448 g/mol. The molecule has 3 saturated carbocycles. The van der Waals surface area contributed by atoms with E-state index >= 15 is 0 Å². The molecule has 166 valence electrons. The SMILES string of the molecule is N=S(=O)(c1cc(C(=O)NC2CC3(C2)CC(c2nc4cc(Cl)ccc4o2)C3)ccn1)C1CC1. The van der Waals surface area contributed by atoms with Gasteiger partial charge in [-0.05, 0) is 74.3 Å². The summed E-state index contributed by atoms with van der Waals surface area (Å²) in [7, 11) is -2.91. The van der Waals surface area contributed by atoms with Crippen LogP contribution in [0, 0.1) is 10.2 Å². The molecule has 1 atom stereocenters. The second-order valence-electron chi connectivity index (χ2n) is 9.53. The summed E-state index contributed by atoms with van der Waals surface area (Å²) in [5, 5.41) is 3.84. The van der Waals surface area contributed by atoms with Crippen LogP contribution in [0.1, 0.15) is 60.7 Å². The molecule has 3 aliphatic rings. The van der Waals surface area contributed by atoms with E-state index in [2.05, 4.69) is 15.3 Å². The fraction of sp³-hybridized carbons (Fsp3) is 0.435. The summed E-state index contributed by atoms with van der Waals surface area (Å²) >= 11 is 6.04. The molecule has 32 heavy (non-hydrogen) atoms. The fourth-order valence-electron chi connectivity index (χ4n) is 5.23. The molecular formula is C23H23ClN4O3S. The van der Waals surface area contributed by atoms with Gasteiger partial charge in [0.15, 0.2) is 11.5 Å². The molecule has 0 bridgehead atoms. The van der Waals surface area contributed by atoms with E-state index in [-0.39, 0.29) is 27.6 Å². The minimum absolute atomic E-state index is 0.121. The highest BCUT2D eigenvalue weighted by molar-refractivity contribution is 7.93. The smallest absolute Gasteiger partial charge is 0.251 e. The van der Waals surface area contributed by atoms with Crippen LogP contribution in [0.5, 0.6) is 0 Å². The second kappa shape index (κ2) is 7.02. The summed E-state index contributed by atoms with van der Waals surface area (Å²) in [6.45, 7) is 0. The van der Waals surface area contributed by atoms with Gasteiger partial charge in [-0.15, -0.1) is 0 Å². The van der Waals surface area contributed by atoms with Gasteiger partial charge >= 0.3 is 0 Å². The first kappa shape index (κ1) is 20.2. The number of aromatic nitrogens is 2. The largest absolute Gasteiger partial charge is 0.440 e. The van der Waals surface area contributed by atoms with E-state index in [1.54, 1.807) is 12.1 Å². The van der Waals surface area contributed by atoms with Crippen LogP contribution < -0.4 is 5.32 Å². The van der Waals surface area contributed by atoms with Crippen molar-refractivity contribution in [3.8, 4) is 0 Å². The average Bonchev–Trinajstić information content (AvgIpc) is 3.50. The normalized spacial score (nSPS) is 28.7. The zero-order valence-electron chi connectivity index (χ0n) is 17.3. The first-order valence-electron chi connectivity index (χ1n) is 10.9. The standard InChI is InChI=1S/C23H23ClN4O3S/c24-15-1-4-19-18(8-15)28-22(31-19)14-9-23(10-14)11-16(12-23)27-21(29)13-5-6-26-20(7-13)32(25,30)17-2-3-17/h1,4-8,14,16-17,25H,2-3,9-12H2,(H,27,29). The molecule has 0 saturated heterocycles. The predicted molar refractivity (Wildman–Crippen MR) is 120 cm³/mol. The Labute approximate surface area is 190 Å². The van der Waals surface area contributed by atoms with Gasteiger partial charge in [-0.25, -0.2) is 19.0 Å². The number of hydrogen-bond donors (Lipinski definition) is 2.